The van der Waals surface area contributed by atoms with Crippen LogP contribution in [0.25, 0.3) is 0 Å². The highest BCUT2D eigenvalue weighted by Crippen LogP contribution is 2.69. The summed E-state index contributed by atoms with van der Waals surface area (Å²) in [5.41, 5.74) is 1.20. The molecule has 0 saturated heterocycles. The van der Waals surface area contributed by atoms with Crippen molar-refractivity contribution in [3.05, 3.63) is 24.0 Å². The molecule has 1 aromatic carbocycles. The highest BCUT2D eigenvalue weighted by atomic mass is 32.2. The van der Waals surface area contributed by atoms with Crippen molar-refractivity contribution in [1.29, 1.82) is 0 Å². The number of anilines is 1. The van der Waals surface area contributed by atoms with Gasteiger partial charge in [0.25, 0.3) is 0 Å². The number of hydrogen-bond acceptors (Lipinski definition) is 2. The largest absolute Gasteiger partial charge is 0.325 e. The molecule has 0 radical (unpaired) electrons. The first-order chi connectivity index (χ1) is 7.75. The third-order valence-corrected chi connectivity index (χ3v) is 4.28. The molecule has 2 fully saturated rings. The van der Waals surface area contributed by atoms with Crippen LogP contribution < -0.4 is 10.0 Å². The van der Waals surface area contributed by atoms with Gasteiger partial charge in [0.05, 0.1) is 16.1 Å². The minimum Gasteiger partial charge on any atom is -0.325 e. The first-order valence-corrected chi connectivity index (χ1v) is 6.16. The van der Waals surface area contributed by atoms with E-state index in [0.29, 0.717) is 0 Å². The van der Waals surface area contributed by atoms with Gasteiger partial charge in [-0.25, -0.2) is 9.38 Å². The minimum atomic E-state index is -0.210. The number of benzene rings is 1. The molecule has 0 aromatic heterocycles. The zero-order chi connectivity index (χ0) is 10.8. The summed E-state index contributed by atoms with van der Waals surface area (Å²) in [6.45, 7) is 0. The van der Waals surface area contributed by atoms with Gasteiger partial charge < -0.3 is 5.32 Å². The summed E-state index contributed by atoms with van der Waals surface area (Å²) in [6, 6.07) is 4.74. The lowest BCUT2D eigenvalue weighted by Gasteiger charge is -2.20. The molecule has 2 N–H and O–H groups in total. The Labute approximate surface area is 96.7 Å². The molecule has 1 aliphatic heterocycles. The second-order valence-corrected chi connectivity index (χ2v) is 5.49. The van der Waals surface area contributed by atoms with Crippen LogP contribution >= 0.6 is 11.9 Å². The van der Waals surface area contributed by atoms with E-state index < -0.39 is 0 Å². The lowest BCUT2D eigenvalue weighted by molar-refractivity contribution is 0.624. The molecule has 0 spiro atoms. The fraction of sp³-hybridized carbons (Fsp3) is 0.364. The van der Waals surface area contributed by atoms with E-state index in [0.717, 1.165) is 22.5 Å². The topological polar surface area (TPSA) is 36.4 Å². The van der Waals surface area contributed by atoms with Gasteiger partial charge in [0.15, 0.2) is 0 Å². The average molecular weight is 235 g/mol. The smallest absolute Gasteiger partial charge is 0.206 e. The number of aliphatic imine (C=N–C) groups is 1. The number of nitrogens with zero attached hydrogens (tertiary/aromatic N) is 1. The molecular formula is C11H10FN3S. The molecule has 82 valence electrons. The van der Waals surface area contributed by atoms with Crippen LogP contribution in [0, 0.1) is 11.7 Å². The molecule has 0 amide bonds. The van der Waals surface area contributed by atoms with Crippen LogP contribution in [0.3, 0.4) is 0 Å². The fourth-order valence-electron chi connectivity index (χ4n) is 2.07. The van der Waals surface area contributed by atoms with E-state index in [1.165, 1.54) is 36.9 Å². The van der Waals surface area contributed by atoms with Crippen LogP contribution in [-0.4, -0.2) is 11.5 Å². The molecule has 5 heteroatoms. The number of halogens is 1. The molecular weight excluding hydrogens is 225 g/mol. The summed E-state index contributed by atoms with van der Waals surface area (Å²) in [4.78, 5) is 5.53. The van der Waals surface area contributed by atoms with Gasteiger partial charge in [-0.2, -0.15) is 0 Å². The molecule has 3 nitrogen and oxygen atoms in total. The van der Waals surface area contributed by atoms with Crippen molar-refractivity contribution < 1.29 is 4.39 Å². The summed E-state index contributed by atoms with van der Waals surface area (Å²) in [7, 11) is 0. The second-order valence-electron chi connectivity index (χ2n) is 4.64. The van der Waals surface area contributed by atoms with Crippen molar-refractivity contribution in [2.45, 2.75) is 23.3 Å². The lowest BCUT2D eigenvalue weighted by atomic mass is 10.3. The summed E-state index contributed by atoms with van der Waals surface area (Å²) >= 11 is 1.41. The number of rotatable bonds is 1. The van der Waals surface area contributed by atoms with Crippen molar-refractivity contribution >= 4 is 23.6 Å². The van der Waals surface area contributed by atoms with Crippen molar-refractivity contribution in [2.24, 2.45) is 10.9 Å². The fourth-order valence-corrected chi connectivity index (χ4v) is 2.78. The molecule has 4 rings (SSSR count). The van der Waals surface area contributed by atoms with Crippen molar-refractivity contribution in [3.63, 3.8) is 0 Å². The molecule has 16 heavy (non-hydrogen) atoms. The number of hydrogen-bond donors (Lipinski definition) is 2. The maximum absolute atomic E-state index is 13.0. The van der Waals surface area contributed by atoms with Gasteiger partial charge in [0.1, 0.15) is 5.82 Å². The molecule has 1 aromatic rings. The van der Waals surface area contributed by atoms with Crippen molar-refractivity contribution in [1.82, 2.24) is 4.72 Å². The Hall–Kier alpha value is -1.23. The zero-order valence-electron chi connectivity index (χ0n) is 8.46. The predicted molar refractivity (Wildman–Crippen MR) is 61.9 cm³/mol. The van der Waals surface area contributed by atoms with E-state index in [2.05, 4.69) is 15.0 Å². The van der Waals surface area contributed by atoms with Crippen molar-refractivity contribution in [3.8, 4) is 0 Å². The first-order valence-electron chi connectivity index (χ1n) is 5.34. The van der Waals surface area contributed by atoms with Gasteiger partial charge in [-0.1, -0.05) is 0 Å². The Bertz CT molecular complexity index is 508. The Morgan fingerprint density at radius 3 is 3.00 bits per heavy atom. The van der Waals surface area contributed by atoms with Crippen LogP contribution in [0.4, 0.5) is 10.1 Å². The lowest BCUT2D eigenvalue weighted by Crippen LogP contribution is -2.30. The van der Waals surface area contributed by atoms with Gasteiger partial charge in [-0.15, -0.1) is 0 Å². The van der Waals surface area contributed by atoms with E-state index in [9.17, 15) is 4.39 Å². The van der Waals surface area contributed by atoms with Crippen LogP contribution in [0.2, 0.25) is 0 Å². The summed E-state index contributed by atoms with van der Waals surface area (Å²) in [5, 5.41) is 3.20. The quantitative estimate of drug-likeness (QED) is 0.734. The summed E-state index contributed by atoms with van der Waals surface area (Å²) in [5.74, 6) is 1.44. The molecule has 0 atom stereocenters. The zero-order valence-corrected chi connectivity index (χ0v) is 9.27. The SMILES string of the molecule is Fc1ccc2c(c1)SNC(=NC13CC1C3)N2. The highest BCUT2D eigenvalue weighted by Gasteiger charge is 2.70. The van der Waals surface area contributed by atoms with E-state index in [1.54, 1.807) is 6.07 Å². The van der Waals surface area contributed by atoms with Gasteiger partial charge in [0.2, 0.25) is 5.96 Å². The van der Waals surface area contributed by atoms with E-state index in [-0.39, 0.29) is 11.4 Å². The van der Waals surface area contributed by atoms with Crippen LogP contribution in [-0.2, 0) is 0 Å². The van der Waals surface area contributed by atoms with Gasteiger partial charge in [-0.05, 0) is 48.9 Å². The summed E-state index contributed by atoms with van der Waals surface area (Å²) in [6.07, 6.45) is 2.47. The number of nitrogens with one attached hydrogen (secondary N) is 2. The van der Waals surface area contributed by atoms with E-state index in [1.807, 2.05) is 0 Å². The van der Waals surface area contributed by atoms with Crippen molar-refractivity contribution in [2.75, 3.05) is 5.32 Å². The normalized spacial score (nSPS) is 35.8. The third kappa shape index (κ3) is 1.24. The molecule has 2 saturated carbocycles. The third-order valence-electron chi connectivity index (χ3n) is 3.43. The molecule has 3 aliphatic rings. The van der Waals surface area contributed by atoms with Gasteiger partial charge >= 0.3 is 0 Å². The molecule has 2 aliphatic carbocycles. The van der Waals surface area contributed by atoms with Gasteiger partial charge in [-0.3, -0.25) is 4.72 Å². The Kier molecular flexibility index (Phi) is 1.50. The van der Waals surface area contributed by atoms with Crippen LogP contribution in [0.15, 0.2) is 28.1 Å². The summed E-state index contributed by atoms with van der Waals surface area (Å²) < 4.78 is 16.1. The number of guanidine groups is 1. The van der Waals surface area contributed by atoms with E-state index in [4.69, 9.17) is 0 Å². The highest BCUT2D eigenvalue weighted by molar-refractivity contribution is 7.98. The number of fused-ring (bicyclic) bond motifs is 2. The molecule has 0 unspecified atom stereocenters. The first kappa shape index (κ1) is 8.87. The maximum atomic E-state index is 13.0. The standard InChI is InChI=1S/C11H10FN3S/c12-7-1-2-8-9(3-7)16-15-10(13-8)14-11-4-6(11)5-11/h1-3,6H,4-5H2,(H2,13,14,15). The van der Waals surface area contributed by atoms with Gasteiger partial charge in [0, 0.05) is 0 Å². The van der Waals surface area contributed by atoms with Crippen LogP contribution in [0.1, 0.15) is 12.8 Å². The Balaban J connectivity index is 1.64. The molecule has 1 heterocycles. The van der Waals surface area contributed by atoms with Crippen LogP contribution in [0.5, 0.6) is 0 Å². The Morgan fingerprint density at radius 1 is 1.44 bits per heavy atom. The monoisotopic (exact) mass is 235 g/mol. The Morgan fingerprint density at radius 2 is 2.25 bits per heavy atom. The maximum Gasteiger partial charge on any atom is 0.206 e. The average Bonchev–Trinajstić information content (AvgIpc) is 3.08. The minimum absolute atomic E-state index is 0.210. The molecule has 0 bridgehead atoms. The van der Waals surface area contributed by atoms with E-state index >= 15 is 0 Å². The second kappa shape index (κ2) is 2.71. The predicted octanol–water partition coefficient (Wildman–Crippen LogP) is 2.37.